The predicted molar refractivity (Wildman–Crippen MR) is 74.1 cm³/mol. The molecule has 1 aromatic heterocycles. The Morgan fingerprint density at radius 3 is 2.74 bits per heavy atom. The van der Waals surface area contributed by atoms with Gasteiger partial charge in [-0.25, -0.2) is 22.5 Å². The molecule has 0 radical (unpaired) electrons. The van der Waals surface area contributed by atoms with Crippen molar-refractivity contribution in [3.63, 3.8) is 0 Å². The van der Waals surface area contributed by atoms with Crippen molar-refractivity contribution in [2.75, 3.05) is 12.8 Å². The van der Waals surface area contributed by atoms with Gasteiger partial charge in [-0.3, -0.25) is 0 Å². The third-order valence-electron chi connectivity index (χ3n) is 3.51. The minimum atomic E-state index is -3.88. The number of hydrogen-bond donors (Lipinski definition) is 1. The average molecular weight is 304 g/mol. The second kappa shape index (κ2) is 5.76. The summed E-state index contributed by atoms with van der Waals surface area (Å²) in [5.74, 6) is -0.820. The van der Waals surface area contributed by atoms with Gasteiger partial charge in [-0.2, -0.15) is 11.8 Å². The van der Waals surface area contributed by atoms with Crippen LogP contribution in [-0.4, -0.2) is 30.9 Å². The van der Waals surface area contributed by atoms with Gasteiger partial charge in [0.2, 0.25) is 5.03 Å². The van der Waals surface area contributed by atoms with E-state index in [0.717, 1.165) is 31.7 Å². The number of halogens is 1. The average Bonchev–Trinajstić information content (AvgIpc) is 2.86. The first-order valence-corrected chi connectivity index (χ1v) is 8.85. The summed E-state index contributed by atoms with van der Waals surface area (Å²) in [5.41, 5.74) is 0. The van der Waals surface area contributed by atoms with Crippen LogP contribution in [0.5, 0.6) is 0 Å². The molecule has 0 aromatic carbocycles. The van der Waals surface area contributed by atoms with Crippen molar-refractivity contribution in [2.45, 2.75) is 35.5 Å². The van der Waals surface area contributed by atoms with Crippen LogP contribution in [0.2, 0.25) is 0 Å². The second-order valence-electron chi connectivity index (χ2n) is 4.71. The van der Waals surface area contributed by atoms with Crippen molar-refractivity contribution in [1.29, 1.82) is 0 Å². The summed E-state index contributed by atoms with van der Waals surface area (Å²) < 4.78 is 40.0. The maximum atomic E-state index is 13.5. The van der Waals surface area contributed by atoms with Gasteiger partial charge in [-0.1, -0.05) is 12.8 Å². The van der Waals surface area contributed by atoms with E-state index in [1.165, 1.54) is 12.3 Å². The smallest absolute Gasteiger partial charge is 0.241 e. The van der Waals surface area contributed by atoms with Gasteiger partial charge in [0.25, 0.3) is 10.0 Å². The first-order valence-electron chi connectivity index (χ1n) is 6.14. The zero-order valence-electron chi connectivity index (χ0n) is 10.7. The fraction of sp³-hybridized carbons (Fsp3) is 0.583. The van der Waals surface area contributed by atoms with E-state index in [4.69, 9.17) is 0 Å². The number of nitrogens with one attached hydrogen (secondary N) is 1. The molecule has 1 aliphatic rings. The van der Waals surface area contributed by atoms with Crippen LogP contribution < -0.4 is 4.72 Å². The summed E-state index contributed by atoms with van der Waals surface area (Å²) in [6.45, 7) is 0.326. The van der Waals surface area contributed by atoms with E-state index in [1.54, 1.807) is 11.8 Å². The fourth-order valence-corrected chi connectivity index (χ4v) is 4.47. The van der Waals surface area contributed by atoms with Gasteiger partial charge < -0.3 is 0 Å². The molecule has 4 nitrogen and oxygen atoms in total. The van der Waals surface area contributed by atoms with Crippen molar-refractivity contribution in [3.8, 4) is 0 Å². The van der Waals surface area contributed by atoms with Crippen LogP contribution in [0.25, 0.3) is 0 Å². The maximum Gasteiger partial charge on any atom is 0.261 e. The van der Waals surface area contributed by atoms with Crippen LogP contribution in [0.15, 0.2) is 23.4 Å². The monoisotopic (exact) mass is 304 g/mol. The van der Waals surface area contributed by atoms with Gasteiger partial charge in [-0.05, 0) is 31.2 Å². The Hall–Kier alpha value is -0.660. The van der Waals surface area contributed by atoms with E-state index >= 15 is 0 Å². The molecule has 0 aliphatic heterocycles. The topological polar surface area (TPSA) is 59.1 Å². The zero-order chi connectivity index (χ0) is 13.9. The summed E-state index contributed by atoms with van der Waals surface area (Å²) in [6.07, 6.45) is 7.46. The molecule has 0 spiro atoms. The van der Waals surface area contributed by atoms with Crippen molar-refractivity contribution >= 4 is 21.8 Å². The number of sulfonamides is 1. The normalized spacial score (nSPS) is 18.6. The molecule has 19 heavy (non-hydrogen) atoms. The Morgan fingerprint density at radius 1 is 1.47 bits per heavy atom. The van der Waals surface area contributed by atoms with E-state index in [-0.39, 0.29) is 4.75 Å². The molecular formula is C12H17FN2O2S2. The molecule has 1 N–H and O–H groups in total. The first kappa shape index (κ1) is 14.7. The van der Waals surface area contributed by atoms with Crippen molar-refractivity contribution in [1.82, 2.24) is 9.71 Å². The molecule has 0 atom stereocenters. The molecule has 0 unspecified atom stereocenters. The molecular weight excluding hydrogens is 287 g/mol. The standard InChI is InChI=1S/C12H17FN2O2S2/c1-18-12(6-2-3-7-12)9-15-19(16,17)11-10(13)5-4-8-14-11/h4-5,8,15H,2-3,6-7,9H2,1H3. The fourth-order valence-electron chi connectivity index (χ4n) is 2.34. The minimum absolute atomic E-state index is 0.0572. The first-order chi connectivity index (χ1) is 8.99. The van der Waals surface area contributed by atoms with E-state index < -0.39 is 20.9 Å². The van der Waals surface area contributed by atoms with Gasteiger partial charge in [0.05, 0.1) is 0 Å². The molecule has 0 amide bonds. The van der Waals surface area contributed by atoms with Gasteiger partial charge in [0, 0.05) is 17.5 Å². The molecule has 1 aromatic rings. The molecule has 2 rings (SSSR count). The SMILES string of the molecule is CSC1(CNS(=O)(=O)c2ncccc2F)CCCC1. The van der Waals surface area contributed by atoms with E-state index in [1.807, 2.05) is 6.26 Å². The van der Waals surface area contributed by atoms with Crippen LogP contribution in [0.4, 0.5) is 4.39 Å². The number of pyridine rings is 1. The predicted octanol–water partition coefficient (Wildman–Crippen LogP) is 2.17. The number of thioether (sulfide) groups is 1. The van der Waals surface area contributed by atoms with Crippen molar-refractivity contribution in [2.24, 2.45) is 0 Å². The number of aromatic nitrogens is 1. The number of rotatable bonds is 5. The Morgan fingerprint density at radius 2 is 2.16 bits per heavy atom. The third kappa shape index (κ3) is 3.27. The highest BCUT2D eigenvalue weighted by Gasteiger charge is 2.34. The maximum absolute atomic E-state index is 13.5. The molecule has 0 bridgehead atoms. The van der Waals surface area contributed by atoms with Crippen molar-refractivity contribution in [3.05, 3.63) is 24.1 Å². The zero-order valence-corrected chi connectivity index (χ0v) is 12.4. The van der Waals surface area contributed by atoms with Crippen LogP contribution in [0.3, 0.4) is 0 Å². The number of nitrogens with zero attached hydrogens (tertiary/aromatic N) is 1. The van der Waals surface area contributed by atoms with Crippen LogP contribution in [0.1, 0.15) is 25.7 Å². The van der Waals surface area contributed by atoms with Gasteiger partial charge in [-0.15, -0.1) is 0 Å². The summed E-state index contributed by atoms with van der Waals surface area (Å²) in [4.78, 5) is 3.61. The Bertz CT molecular complexity index is 542. The molecule has 1 fully saturated rings. The quantitative estimate of drug-likeness (QED) is 0.906. The molecule has 1 heterocycles. The molecule has 0 saturated heterocycles. The highest BCUT2D eigenvalue weighted by Crippen LogP contribution is 2.39. The summed E-state index contributed by atoms with van der Waals surface area (Å²) >= 11 is 1.68. The molecule has 1 saturated carbocycles. The molecule has 1 aliphatic carbocycles. The minimum Gasteiger partial charge on any atom is -0.241 e. The summed E-state index contributed by atoms with van der Waals surface area (Å²) in [6, 6.07) is 2.47. The molecule has 7 heteroatoms. The van der Waals surface area contributed by atoms with Gasteiger partial charge in [0.15, 0.2) is 5.82 Å². The van der Waals surface area contributed by atoms with E-state index in [2.05, 4.69) is 9.71 Å². The summed E-state index contributed by atoms with van der Waals surface area (Å²) in [7, 11) is -3.88. The Balaban J connectivity index is 2.12. The van der Waals surface area contributed by atoms with E-state index in [9.17, 15) is 12.8 Å². The highest BCUT2D eigenvalue weighted by molar-refractivity contribution is 8.00. The van der Waals surface area contributed by atoms with Crippen LogP contribution in [0, 0.1) is 5.82 Å². The third-order valence-corrected chi connectivity index (χ3v) is 6.26. The number of hydrogen-bond acceptors (Lipinski definition) is 4. The highest BCUT2D eigenvalue weighted by atomic mass is 32.2. The second-order valence-corrected chi connectivity index (χ2v) is 7.67. The van der Waals surface area contributed by atoms with E-state index in [0.29, 0.717) is 6.54 Å². The van der Waals surface area contributed by atoms with Gasteiger partial charge >= 0.3 is 0 Å². The molecule has 106 valence electrons. The van der Waals surface area contributed by atoms with Crippen LogP contribution in [-0.2, 0) is 10.0 Å². The van der Waals surface area contributed by atoms with Crippen molar-refractivity contribution < 1.29 is 12.8 Å². The summed E-state index contributed by atoms with van der Waals surface area (Å²) in [5, 5.41) is -0.524. The lowest BCUT2D eigenvalue weighted by Gasteiger charge is -2.26. The lowest BCUT2D eigenvalue weighted by atomic mass is 10.1. The lowest BCUT2D eigenvalue weighted by molar-refractivity contribution is 0.529. The largest absolute Gasteiger partial charge is 0.261 e. The van der Waals surface area contributed by atoms with Gasteiger partial charge in [0.1, 0.15) is 0 Å². The Kier molecular flexibility index (Phi) is 4.47. The lowest BCUT2D eigenvalue weighted by Crippen LogP contribution is -2.38. The van der Waals surface area contributed by atoms with Crippen LogP contribution >= 0.6 is 11.8 Å². The Labute approximate surface area is 117 Å².